The fourth-order valence-electron chi connectivity index (χ4n) is 2.47. The van der Waals surface area contributed by atoms with Crippen LogP contribution < -0.4 is 10.0 Å². The van der Waals surface area contributed by atoms with Crippen LogP contribution in [0.1, 0.15) is 18.5 Å². The highest BCUT2D eigenvalue weighted by molar-refractivity contribution is 7.93. The second kappa shape index (κ2) is 7.94. The van der Waals surface area contributed by atoms with Gasteiger partial charge in [-0.15, -0.1) is 11.3 Å². The van der Waals surface area contributed by atoms with E-state index in [1.165, 1.54) is 12.1 Å². The molecule has 0 saturated carbocycles. The quantitative estimate of drug-likeness (QED) is 0.762. The SMILES string of the molecule is O=C(Cc1csc(NS(=O)(=O)c2ccccc2)n1)NCC1CCCO1. The molecule has 134 valence electrons. The van der Waals surface area contributed by atoms with Crippen molar-refractivity contribution in [1.29, 1.82) is 0 Å². The van der Waals surface area contributed by atoms with Crippen molar-refractivity contribution in [2.24, 2.45) is 0 Å². The molecule has 1 aliphatic rings. The van der Waals surface area contributed by atoms with Crippen LogP contribution in [0.25, 0.3) is 0 Å². The molecule has 1 aromatic carbocycles. The maximum Gasteiger partial charge on any atom is 0.263 e. The van der Waals surface area contributed by atoms with Gasteiger partial charge in [-0.2, -0.15) is 0 Å². The molecule has 3 rings (SSSR count). The summed E-state index contributed by atoms with van der Waals surface area (Å²) in [5.74, 6) is -0.154. The van der Waals surface area contributed by atoms with Crippen molar-refractivity contribution in [1.82, 2.24) is 10.3 Å². The van der Waals surface area contributed by atoms with Gasteiger partial charge in [-0.3, -0.25) is 9.52 Å². The molecule has 1 amide bonds. The number of rotatable bonds is 7. The molecule has 2 aromatic rings. The second-order valence-electron chi connectivity index (χ2n) is 5.68. The molecule has 1 fully saturated rings. The first-order chi connectivity index (χ1) is 12.0. The first-order valence-corrected chi connectivity index (χ1v) is 10.3. The first-order valence-electron chi connectivity index (χ1n) is 7.93. The standard InChI is InChI=1S/C16H19N3O4S2/c20-15(17-10-13-5-4-8-23-13)9-12-11-24-16(18-12)19-25(21,22)14-6-2-1-3-7-14/h1-3,6-7,11,13H,4-5,8-10H2,(H,17,20)(H,18,19). The Balaban J connectivity index is 1.54. The van der Waals surface area contributed by atoms with Crippen LogP contribution in [0.4, 0.5) is 5.13 Å². The minimum absolute atomic E-state index is 0.0904. The summed E-state index contributed by atoms with van der Waals surface area (Å²) in [6.45, 7) is 1.24. The van der Waals surface area contributed by atoms with E-state index in [1.54, 1.807) is 23.6 Å². The number of thiazole rings is 1. The van der Waals surface area contributed by atoms with Crippen molar-refractivity contribution in [3.8, 4) is 0 Å². The summed E-state index contributed by atoms with van der Waals surface area (Å²) < 4.78 is 32.4. The molecule has 2 N–H and O–H groups in total. The highest BCUT2D eigenvalue weighted by Crippen LogP contribution is 2.20. The lowest BCUT2D eigenvalue weighted by Crippen LogP contribution is -2.32. The molecule has 1 atom stereocenters. The van der Waals surface area contributed by atoms with Crippen LogP contribution in [0.3, 0.4) is 0 Å². The van der Waals surface area contributed by atoms with E-state index in [1.807, 2.05) is 0 Å². The summed E-state index contributed by atoms with van der Waals surface area (Å²) >= 11 is 1.15. The summed E-state index contributed by atoms with van der Waals surface area (Å²) in [7, 11) is -3.67. The third-order valence-corrected chi connectivity index (χ3v) is 6.01. The Labute approximate surface area is 150 Å². The average Bonchev–Trinajstić information content (AvgIpc) is 3.25. The highest BCUT2D eigenvalue weighted by Gasteiger charge is 2.18. The van der Waals surface area contributed by atoms with Gasteiger partial charge in [0.2, 0.25) is 5.91 Å². The molecule has 1 aromatic heterocycles. The Morgan fingerprint density at radius 3 is 2.84 bits per heavy atom. The number of sulfonamides is 1. The van der Waals surface area contributed by atoms with Crippen LogP contribution in [0.5, 0.6) is 0 Å². The number of ether oxygens (including phenoxy) is 1. The summed E-state index contributed by atoms with van der Waals surface area (Å²) in [4.78, 5) is 16.3. The van der Waals surface area contributed by atoms with E-state index in [9.17, 15) is 13.2 Å². The van der Waals surface area contributed by atoms with Gasteiger partial charge in [0, 0.05) is 18.5 Å². The topological polar surface area (TPSA) is 97.4 Å². The normalized spacial score (nSPS) is 17.4. The van der Waals surface area contributed by atoms with E-state index in [2.05, 4.69) is 15.0 Å². The Kier molecular flexibility index (Phi) is 5.67. The van der Waals surface area contributed by atoms with Gasteiger partial charge < -0.3 is 10.1 Å². The summed E-state index contributed by atoms with van der Waals surface area (Å²) in [5.41, 5.74) is 0.528. The number of benzene rings is 1. The number of anilines is 1. The van der Waals surface area contributed by atoms with Crippen LogP contribution in [-0.2, 0) is 26.0 Å². The zero-order valence-corrected chi connectivity index (χ0v) is 15.1. The van der Waals surface area contributed by atoms with Crippen molar-refractivity contribution in [3.05, 3.63) is 41.4 Å². The van der Waals surface area contributed by atoms with Gasteiger partial charge in [-0.1, -0.05) is 18.2 Å². The van der Waals surface area contributed by atoms with E-state index in [4.69, 9.17) is 4.74 Å². The molecule has 1 saturated heterocycles. The predicted octanol–water partition coefficient (Wildman–Crippen LogP) is 1.78. The molecular weight excluding hydrogens is 362 g/mol. The van der Waals surface area contributed by atoms with Gasteiger partial charge in [0.1, 0.15) is 0 Å². The van der Waals surface area contributed by atoms with Crippen LogP contribution in [0.15, 0.2) is 40.6 Å². The van der Waals surface area contributed by atoms with Crippen molar-refractivity contribution in [2.75, 3.05) is 17.9 Å². The number of carbonyl (C=O) groups excluding carboxylic acids is 1. The van der Waals surface area contributed by atoms with Crippen molar-refractivity contribution in [3.63, 3.8) is 0 Å². The fourth-order valence-corrected chi connectivity index (χ4v) is 4.45. The monoisotopic (exact) mass is 381 g/mol. The number of nitrogens with one attached hydrogen (secondary N) is 2. The van der Waals surface area contributed by atoms with Gasteiger partial charge in [0.05, 0.1) is 23.1 Å². The van der Waals surface area contributed by atoms with Crippen molar-refractivity contribution >= 4 is 32.4 Å². The van der Waals surface area contributed by atoms with E-state index in [0.29, 0.717) is 12.2 Å². The number of nitrogens with zero attached hydrogens (tertiary/aromatic N) is 1. The Morgan fingerprint density at radius 1 is 1.32 bits per heavy atom. The number of hydrogen-bond donors (Lipinski definition) is 2. The average molecular weight is 381 g/mol. The number of carbonyl (C=O) groups is 1. The molecule has 7 nitrogen and oxygen atoms in total. The van der Waals surface area contributed by atoms with Crippen LogP contribution in [-0.4, -0.2) is 38.6 Å². The zero-order chi connectivity index (χ0) is 17.7. The predicted molar refractivity (Wildman–Crippen MR) is 95.1 cm³/mol. The summed E-state index contributed by atoms with van der Waals surface area (Å²) in [6, 6.07) is 8.07. The van der Waals surface area contributed by atoms with Gasteiger partial charge >= 0.3 is 0 Å². The van der Waals surface area contributed by atoms with E-state index in [0.717, 1.165) is 30.8 Å². The van der Waals surface area contributed by atoms with Crippen LogP contribution >= 0.6 is 11.3 Å². The van der Waals surface area contributed by atoms with Crippen molar-refractivity contribution in [2.45, 2.75) is 30.3 Å². The molecule has 9 heteroatoms. The smallest absolute Gasteiger partial charge is 0.263 e. The fraction of sp³-hybridized carbons (Fsp3) is 0.375. The Morgan fingerprint density at radius 2 is 2.12 bits per heavy atom. The maximum absolute atomic E-state index is 12.2. The lowest BCUT2D eigenvalue weighted by molar-refractivity contribution is -0.121. The lowest BCUT2D eigenvalue weighted by atomic mass is 10.2. The molecular formula is C16H19N3O4S2. The largest absolute Gasteiger partial charge is 0.376 e. The van der Waals surface area contributed by atoms with Crippen LogP contribution in [0.2, 0.25) is 0 Å². The van der Waals surface area contributed by atoms with Crippen molar-refractivity contribution < 1.29 is 17.9 Å². The van der Waals surface area contributed by atoms with E-state index >= 15 is 0 Å². The Hall–Kier alpha value is -1.97. The number of aromatic nitrogens is 1. The zero-order valence-electron chi connectivity index (χ0n) is 13.5. The number of amides is 1. The molecule has 0 spiro atoms. The highest BCUT2D eigenvalue weighted by atomic mass is 32.2. The molecule has 1 aliphatic heterocycles. The van der Waals surface area contributed by atoms with E-state index < -0.39 is 10.0 Å². The summed E-state index contributed by atoms with van der Waals surface area (Å²) in [5, 5.41) is 4.74. The molecule has 0 radical (unpaired) electrons. The third kappa shape index (κ3) is 5.00. The third-order valence-electron chi connectivity index (χ3n) is 3.72. The molecule has 25 heavy (non-hydrogen) atoms. The maximum atomic E-state index is 12.2. The van der Waals surface area contributed by atoms with Crippen LogP contribution in [0, 0.1) is 0 Å². The minimum Gasteiger partial charge on any atom is -0.376 e. The molecule has 0 bridgehead atoms. The van der Waals surface area contributed by atoms with E-state index in [-0.39, 0.29) is 28.5 Å². The van der Waals surface area contributed by atoms with Gasteiger partial charge in [0.15, 0.2) is 5.13 Å². The Bertz CT molecular complexity index is 815. The second-order valence-corrected chi connectivity index (χ2v) is 8.22. The van der Waals surface area contributed by atoms with Gasteiger partial charge in [0.25, 0.3) is 10.0 Å². The van der Waals surface area contributed by atoms with Gasteiger partial charge in [-0.25, -0.2) is 13.4 Å². The molecule has 0 aliphatic carbocycles. The number of hydrogen-bond acceptors (Lipinski definition) is 6. The molecule has 1 unspecified atom stereocenters. The molecule has 2 heterocycles. The minimum atomic E-state index is -3.67. The summed E-state index contributed by atoms with van der Waals surface area (Å²) in [6.07, 6.45) is 2.18. The lowest BCUT2D eigenvalue weighted by Gasteiger charge is -2.10. The first kappa shape index (κ1) is 17.8. The van der Waals surface area contributed by atoms with Gasteiger partial charge in [-0.05, 0) is 25.0 Å².